The summed E-state index contributed by atoms with van der Waals surface area (Å²) in [5.41, 5.74) is 13.9. The lowest BCUT2D eigenvalue weighted by Gasteiger charge is -2.26. The monoisotopic (exact) mass is 263 g/mol. The second-order valence-electron chi connectivity index (χ2n) is 5.77. The zero-order valence-corrected chi connectivity index (χ0v) is 13.3. The maximum atomic E-state index is 10.3. The first kappa shape index (κ1) is 16.2. The highest BCUT2D eigenvalue weighted by molar-refractivity contribution is 5.50. The van der Waals surface area contributed by atoms with E-state index in [1.165, 1.54) is 27.8 Å². The molecule has 0 saturated heterocycles. The molecule has 3 N–H and O–H groups in total. The molecule has 0 aliphatic carbocycles. The Labute approximate surface area is 118 Å². The molecule has 2 nitrogen and oxygen atoms in total. The predicted molar refractivity (Wildman–Crippen MR) is 82.6 cm³/mol. The SMILES string of the molecule is CCCC[C@@H](O)[C@@H](N)c1c(C)c(C)c(C)c(C)c1C. The average molecular weight is 263 g/mol. The number of benzene rings is 1. The van der Waals surface area contributed by atoms with Crippen molar-refractivity contribution in [3.05, 3.63) is 33.4 Å². The summed E-state index contributed by atoms with van der Waals surface area (Å²) in [7, 11) is 0. The Morgan fingerprint density at radius 3 is 1.74 bits per heavy atom. The number of unbranched alkanes of at least 4 members (excludes halogenated alkanes) is 1. The van der Waals surface area contributed by atoms with Gasteiger partial charge >= 0.3 is 0 Å². The van der Waals surface area contributed by atoms with Crippen molar-refractivity contribution >= 4 is 0 Å². The second-order valence-corrected chi connectivity index (χ2v) is 5.77. The summed E-state index contributed by atoms with van der Waals surface area (Å²) in [6.07, 6.45) is 2.45. The van der Waals surface area contributed by atoms with Crippen LogP contribution in [0.5, 0.6) is 0 Å². The average Bonchev–Trinajstić information content (AvgIpc) is 2.40. The van der Waals surface area contributed by atoms with Gasteiger partial charge in [0.15, 0.2) is 0 Å². The van der Waals surface area contributed by atoms with Gasteiger partial charge in [-0.2, -0.15) is 0 Å². The van der Waals surface area contributed by atoms with Gasteiger partial charge in [0, 0.05) is 0 Å². The highest BCUT2D eigenvalue weighted by Crippen LogP contribution is 2.31. The van der Waals surface area contributed by atoms with Crippen LogP contribution in [-0.2, 0) is 0 Å². The molecule has 0 heterocycles. The fourth-order valence-corrected chi connectivity index (χ4v) is 2.81. The Morgan fingerprint density at radius 1 is 0.895 bits per heavy atom. The zero-order valence-electron chi connectivity index (χ0n) is 13.3. The van der Waals surface area contributed by atoms with Crippen LogP contribution in [-0.4, -0.2) is 11.2 Å². The molecule has 0 unspecified atom stereocenters. The number of aliphatic hydroxyl groups is 1. The van der Waals surface area contributed by atoms with Gasteiger partial charge in [-0.25, -0.2) is 0 Å². The number of aliphatic hydroxyl groups excluding tert-OH is 1. The van der Waals surface area contributed by atoms with Crippen LogP contribution < -0.4 is 5.73 Å². The number of hydrogen-bond donors (Lipinski definition) is 2. The van der Waals surface area contributed by atoms with Crippen molar-refractivity contribution < 1.29 is 5.11 Å². The Bertz CT molecular complexity index is 422. The van der Waals surface area contributed by atoms with Crippen LogP contribution in [0.25, 0.3) is 0 Å². The summed E-state index contributed by atoms with van der Waals surface area (Å²) in [5.74, 6) is 0. The molecule has 2 atom stereocenters. The minimum Gasteiger partial charge on any atom is -0.391 e. The fourth-order valence-electron chi connectivity index (χ4n) is 2.81. The first-order valence-electron chi connectivity index (χ1n) is 7.33. The van der Waals surface area contributed by atoms with Crippen molar-refractivity contribution in [3.8, 4) is 0 Å². The van der Waals surface area contributed by atoms with Gasteiger partial charge in [0.05, 0.1) is 12.1 Å². The third kappa shape index (κ3) is 3.18. The molecule has 0 radical (unpaired) electrons. The lowest BCUT2D eigenvalue weighted by atomic mass is 9.84. The van der Waals surface area contributed by atoms with E-state index in [-0.39, 0.29) is 6.04 Å². The molecular weight excluding hydrogens is 234 g/mol. The van der Waals surface area contributed by atoms with Crippen LogP contribution in [0.15, 0.2) is 0 Å². The first-order chi connectivity index (χ1) is 8.82. The topological polar surface area (TPSA) is 46.2 Å². The molecule has 1 rings (SSSR count). The molecule has 0 aliphatic heterocycles. The Balaban J connectivity index is 3.20. The van der Waals surface area contributed by atoms with Crippen LogP contribution in [0, 0.1) is 34.6 Å². The third-order valence-corrected chi connectivity index (χ3v) is 4.66. The van der Waals surface area contributed by atoms with Crippen LogP contribution in [0.2, 0.25) is 0 Å². The molecular formula is C17H29NO. The van der Waals surface area contributed by atoms with Crippen LogP contribution in [0.1, 0.15) is 65.6 Å². The van der Waals surface area contributed by atoms with Crippen molar-refractivity contribution in [2.75, 3.05) is 0 Å². The molecule has 0 spiro atoms. The van der Waals surface area contributed by atoms with Crippen molar-refractivity contribution in [2.24, 2.45) is 5.73 Å². The van der Waals surface area contributed by atoms with Gasteiger partial charge in [0.1, 0.15) is 0 Å². The normalized spacial score (nSPS) is 14.5. The molecule has 0 fully saturated rings. The minimum atomic E-state index is -0.446. The van der Waals surface area contributed by atoms with Gasteiger partial charge in [-0.3, -0.25) is 0 Å². The van der Waals surface area contributed by atoms with E-state index in [2.05, 4.69) is 41.5 Å². The lowest BCUT2D eigenvalue weighted by molar-refractivity contribution is 0.132. The number of hydrogen-bond acceptors (Lipinski definition) is 2. The molecule has 108 valence electrons. The largest absolute Gasteiger partial charge is 0.391 e. The van der Waals surface area contributed by atoms with Gasteiger partial charge in [-0.1, -0.05) is 19.8 Å². The standard InChI is InChI=1S/C17H29NO/c1-7-8-9-15(19)17(18)16-13(5)11(3)10(2)12(4)14(16)6/h15,17,19H,7-9,18H2,1-6H3/t15-,17-/m1/s1. The van der Waals surface area contributed by atoms with Gasteiger partial charge in [0.25, 0.3) is 0 Å². The van der Waals surface area contributed by atoms with Crippen LogP contribution >= 0.6 is 0 Å². The molecule has 1 aromatic carbocycles. The van der Waals surface area contributed by atoms with E-state index in [1.54, 1.807) is 0 Å². The van der Waals surface area contributed by atoms with E-state index in [1.807, 2.05) is 0 Å². The minimum absolute atomic E-state index is 0.274. The molecule has 0 bridgehead atoms. The summed E-state index contributed by atoms with van der Waals surface area (Å²) in [5, 5.41) is 10.3. The van der Waals surface area contributed by atoms with E-state index in [9.17, 15) is 5.11 Å². The van der Waals surface area contributed by atoms with Gasteiger partial charge in [-0.15, -0.1) is 0 Å². The fraction of sp³-hybridized carbons (Fsp3) is 0.647. The van der Waals surface area contributed by atoms with Crippen molar-refractivity contribution in [1.82, 2.24) is 0 Å². The first-order valence-corrected chi connectivity index (χ1v) is 7.33. The van der Waals surface area contributed by atoms with Crippen molar-refractivity contribution in [1.29, 1.82) is 0 Å². The Morgan fingerprint density at radius 2 is 1.32 bits per heavy atom. The predicted octanol–water partition coefficient (Wildman–Crippen LogP) is 3.78. The lowest BCUT2D eigenvalue weighted by Crippen LogP contribution is -2.28. The quantitative estimate of drug-likeness (QED) is 0.849. The van der Waals surface area contributed by atoms with E-state index in [0.717, 1.165) is 24.8 Å². The highest BCUT2D eigenvalue weighted by Gasteiger charge is 2.22. The summed E-state index contributed by atoms with van der Waals surface area (Å²) < 4.78 is 0. The molecule has 19 heavy (non-hydrogen) atoms. The maximum absolute atomic E-state index is 10.3. The van der Waals surface area contributed by atoms with E-state index < -0.39 is 6.10 Å². The third-order valence-electron chi connectivity index (χ3n) is 4.66. The van der Waals surface area contributed by atoms with Crippen molar-refractivity contribution in [3.63, 3.8) is 0 Å². The number of nitrogens with two attached hydrogens (primary N) is 1. The smallest absolute Gasteiger partial charge is 0.0733 e. The molecule has 1 aromatic rings. The van der Waals surface area contributed by atoms with Gasteiger partial charge in [0.2, 0.25) is 0 Å². The molecule has 0 aromatic heterocycles. The summed E-state index contributed by atoms with van der Waals surface area (Å²) >= 11 is 0. The highest BCUT2D eigenvalue weighted by atomic mass is 16.3. The van der Waals surface area contributed by atoms with E-state index in [0.29, 0.717) is 0 Å². The molecule has 0 aliphatic rings. The zero-order chi connectivity index (χ0) is 14.7. The summed E-state index contributed by atoms with van der Waals surface area (Å²) in [6.45, 7) is 12.8. The molecule has 0 saturated carbocycles. The van der Waals surface area contributed by atoms with Crippen LogP contribution in [0.3, 0.4) is 0 Å². The molecule has 2 heteroatoms. The van der Waals surface area contributed by atoms with Crippen LogP contribution in [0.4, 0.5) is 0 Å². The Hall–Kier alpha value is -0.860. The van der Waals surface area contributed by atoms with Gasteiger partial charge < -0.3 is 10.8 Å². The van der Waals surface area contributed by atoms with Crippen molar-refractivity contribution in [2.45, 2.75) is 73.0 Å². The Kier molecular flexibility index (Phi) is 5.57. The van der Waals surface area contributed by atoms with Gasteiger partial charge in [-0.05, 0) is 74.4 Å². The summed E-state index contributed by atoms with van der Waals surface area (Å²) in [6, 6.07) is -0.274. The molecule has 0 amide bonds. The second kappa shape index (κ2) is 6.53. The van der Waals surface area contributed by atoms with E-state index in [4.69, 9.17) is 5.73 Å². The number of rotatable bonds is 5. The van der Waals surface area contributed by atoms with E-state index >= 15 is 0 Å². The summed E-state index contributed by atoms with van der Waals surface area (Å²) in [4.78, 5) is 0. The maximum Gasteiger partial charge on any atom is 0.0733 e.